The fourth-order valence-corrected chi connectivity index (χ4v) is 1.88. The second kappa shape index (κ2) is 17.2. The van der Waals surface area contributed by atoms with Crippen LogP contribution in [0.4, 0.5) is 0 Å². The average molecular weight is 364 g/mol. The summed E-state index contributed by atoms with van der Waals surface area (Å²) in [7, 11) is 0. The summed E-state index contributed by atoms with van der Waals surface area (Å²) in [6.07, 6.45) is 3.85. The lowest BCUT2D eigenvalue weighted by atomic mass is 10.00. The van der Waals surface area contributed by atoms with Gasteiger partial charge in [-0.3, -0.25) is 14.4 Å². The first-order valence-corrected chi connectivity index (χ1v) is 8.67. The molecule has 0 saturated heterocycles. The van der Waals surface area contributed by atoms with E-state index in [9.17, 15) is 14.4 Å². The molecule has 0 aliphatic rings. The van der Waals surface area contributed by atoms with E-state index >= 15 is 0 Å². The van der Waals surface area contributed by atoms with Gasteiger partial charge < -0.3 is 25.2 Å². The Balaban J connectivity index is 0. The Morgan fingerprint density at radius 2 is 1.36 bits per heavy atom. The van der Waals surface area contributed by atoms with E-state index in [4.69, 9.17) is 25.2 Å². The normalized spacial score (nSPS) is 11.4. The van der Waals surface area contributed by atoms with Crippen molar-refractivity contribution in [2.75, 3.05) is 13.2 Å². The van der Waals surface area contributed by atoms with Crippen molar-refractivity contribution in [2.24, 2.45) is 5.92 Å². The van der Waals surface area contributed by atoms with Crippen molar-refractivity contribution >= 4 is 17.9 Å². The number of carboxylic acids is 2. The third-order valence-corrected chi connectivity index (χ3v) is 3.45. The molecular formula is C17H32O8. The highest BCUT2D eigenvalue weighted by Crippen LogP contribution is 2.15. The second-order valence-electron chi connectivity index (χ2n) is 5.67. The van der Waals surface area contributed by atoms with Gasteiger partial charge in [0.2, 0.25) is 0 Å². The van der Waals surface area contributed by atoms with Crippen LogP contribution in [-0.4, -0.2) is 57.7 Å². The number of hydrogen-bond acceptors (Lipinski definition) is 6. The smallest absolute Gasteiger partial charge is 0.309 e. The molecule has 0 amide bonds. The van der Waals surface area contributed by atoms with Crippen molar-refractivity contribution in [3.63, 3.8) is 0 Å². The molecule has 0 radical (unpaired) electrons. The van der Waals surface area contributed by atoms with Crippen LogP contribution in [0, 0.1) is 5.92 Å². The van der Waals surface area contributed by atoms with Gasteiger partial charge in [-0.15, -0.1) is 0 Å². The molecule has 0 fully saturated rings. The molecule has 1 unspecified atom stereocenters. The summed E-state index contributed by atoms with van der Waals surface area (Å²) < 4.78 is 4.96. The first kappa shape index (κ1) is 25.6. The third-order valence-electron chi connectivity index (χ3n) is 3.45. The third kappa shape index (κ3) is 17.0. The van der Waals surface area contributed by atoms with Crippen molar-refractivity contribution in [3.8, 4) is 0 Å². The van der Waals surface area contributed by atoms with Crippen molar-refractivity contribution in [3.05, 3.63) is 0 Å². The molecule has 0 aliphatic heterocycles. The lowest BCUT2D eigenvalue weighted by molar-refractivity contribution is -0.158. The summed E-state index contributed by atoms with van der Waals surface area (Å²) in [5.74, 6) is -2.15. The number of ether oxygens (including phenoxy) is 1. The quantitative estimate of drug-likeness (QED) is 0.286. The molecule has 25 heavy (non-hydrogen) atoms. The summed E-state index contributed by atoms with van der Waals surface area (Å²) in [6, 6.07) is 0. The molecule has 0 rings (SSSR count). The lowest BCUT2D eigenvalue weighted by Gasteiger charge is -2.18. The number of rotatable bonds is 13. The highest BCUT2D eigenvalue weighted by atomic mass is 16.6. The molecule has 8 nitrogen and oxygen atoms in total. The first-order chi connectivity index (χ1) is 11.8. The maximum absolute atomic E-state index is 11.6. The molecule has 8 heteroatoms. The monoisotopic (exact) mass is 364 g/mol. The Kier molecular flexibility index (Phi) is 17.6. The van der Waals surface area contributed by atoms with Crippen LogP contribution in [0.25, 0.3) is 0 Å². The van der Waals surface area contributed by atoms with Gasteiger partial charge in [0.05, 0.1) is 19.1 Å². The summed E-state index contributed by atoms with van der Waals surface area (Å²) >= 11 is 0. The van der Waals surface area contributed by atoms with E-state index in [1.165, 1.54) is 0 Å². The van der Waals surface area contributed by atoms with Crippen molar-refractivity contribution < 1.29 is 39.5 Å². The summed E-state index contributed by atoms with van der Waals surface area (Å²) in [5, 5.41) is 33.8. The van der Waals surface area contributed by atoms with Gasteiger partial charge in [-0.05, 0) is 25.7 Å². The first-order valence-electron chi connectivity index (χ1n) is 8.67. The fourth-order valence-electron chi connectivity index (χ4n) is 1.88. The van der Waals surface area contributed by atoms with Crippen LogP contribution >= 0.6 is 0 Å². The zero-order valence-electron chi connectivity index (χ0n) is 15.1. The average Bonchev–Trinajstić information content (AvgIpc) is 2.57. The number of aliphatic carboxylic acids is 2. The molecule has 0 bridgehead atoms. The summed E-state index contributed by atoms with van der Waals surface area (Å²) in [6.45, 7) is 3.36. The Labute approximate surface area is 148 Å². The summed E-state index contributed by atoms with van der Waals surface area (Å²) in [4.78, 5) is 31.4. The van der Waals surface area contributed by atoms with Gasteiger partial charge in [0.15, 0.2) is 0 Å². The standard InChI is InChI=1S/C11H22O4.C6H10O4/c1-3-5-6-9(4-2)11(14)15-10(7-12)8-13;7-5(8)3-1-2-4-6(9)10/h9-10,12-13H,3-8H2,1-2H3;1-4H2,(H,7,8)(H,9,10). The van der Waals surface area contributed by atoms with Crippen molar-refractivity contribution in [1.82, 2.24) is 0 Å². The molecule has 1 atom stereocenters. The summed E-state index contributed by atoms with van der Waals surface area (Å²) in [5.41, 5.74) is 0. The maximum atomic E-state index is 11.6. The van der Waals surface area contributed by atoms with Gasteiger partial charge in [-0.1, -0.05) is 26.7 Å². The van der Waals surface area contributed by atoms with Crippen molar-refractivity contribution in [1.29, 1.82) is 0 Å². The largest absolute Gasteiger partial charge is 0.481 e. The van der Waals surface area contributed by atoms with E-state index in [2.05, 4.69) is 6.92 Å². The molecular weight excluding hydrogens is 332 g/mol. The van der Waals surface area contributed by atoms with E-state index < -0.39 is 18.0 Å². The number of aliphatic hydroxyl groups excluding tert-OH is 2. The van der Waals surface area contributed by atoms with E-state index in [-0.39, 0.29) is 37.9 Å². The lowest BCUT2D eigenvalue weighted by Crippen LogP contribution is -2.29. The highest BCUT2D eigenvalue weighted by molar-refractivity contribution is 5.72. The Hall–Kier alpha value is -1.67. The van der Waals surface area contributed by atoms with Crippen LogP contribution in [0.3, 0.4) is 0 Å². The zero-order valence-corrected chi connectivity index (χ0v) is 15.1. The Bertz CT molecular complexity index is 350. The number of aliphatic hydroxyl groups is 2. The molecule has 4 N–H and O–H groups in total. The Morgan fingerprint density at radius 1 is 0.880 bits per heavy atom. The number of carbonyl (C=O) groups excluding carboxylic acids is 1. The number of hydrogen-bond donors (Lipinski definition) is 4. The highest BCUT2D eigenvalue weighted by Gasteiger charge is 2.20. The minimum atomic E-state index is -0.870. The van der Waals surface area contributed by atoms with Crippen molar-refractivity contribution in [2.45, 2.75) is 71.3 Å². The minimum absolute atomic E-state index is 0.0628. The van der Waals surface area contributed by atoms with Gasteiger partial charge >= 0.3 is 17.9 Å². The van der Waals surface area contributed by atoms with Crippen LogP contribution in [0.5, 0.6) is 0 Å². The van der Waals surface area contributed by atoms with Gasteiger partial charge in [0.25, 0.3) is 0 Å². The molecule has 148 valence electrons. The van der Waals surface area contributed by atoms with Crippen LogP contribution in [0.15, 0.2) is 0 Å². The topological polar surface area (TPSA) is 141 Å². The van der Waals surface area contributed by atoms with Gasteiger partial charge in [-0.2, -0.15) is 0 Å². The molecule has 0 heterocycles. The molecule has 0 saturated carbocycles. The number of carbonyl (C=O) groups is 3. The maximum Gasteiger partial charge on any atom is 0.309 e. The predicted octanol–water partition coefficient (Wildman–Crippen LogP) is 1.82. The van der Waals surface area contributed by atoms with Crippen LogP contribution < -0.4 is 0 Å². The zero-order chi connectivity index (χ0) is 19.7. The van der Waals surface area contributed by atoms with E-state index in [0.717, 1.165) is 25.7 Å². The second-order valence-corrected chi connectivity index (χ2v) is 5.67. The van der Waals surface area contributed by atoms with E-state index in [0.29, 0.717) is 12.8 Å². The fraction of sp³-hybridized carbons (Fsp3) is 0.824. The molecule has 0 spiro atoms. The number of carboxylic acid groups (broad SMARTS) is 2. The number of unbranched alkanes of at least 4 members (excludes halogenated alkanes) is 2. The Morgan fingerprint density at radius 3 is 1.68 bits per heavy atom. The minimum Gasteiger partial charge on any atom is -0.481 e. The SMILES string of the molecule is CCCCC(CC)C(=O)OC(CO)CO.O=C(O)CCCCC(=O)O. The van der Waals surface area contributed by atoms with E-state index in [1.54, 1.807) is 0 Å². The molecule has 0 aromatic heterocycles. The number of esters is 1. The van der Waals surface area contributed by atoms with Crippen LogP contribution in [0.2, 0.25) is 0 Å². The van der Waals surface area contributed by atoms with E-state index in [1.807, 2.05) is 6.92 Å². The molecule has 0 aromatic carbocycles. The van der Waals surface area contributed by atoms with Crippen LogP contribution in [-0.2, 0) is 19.1 Å². The van der Waals surface area contributed by atoms with Crippen LogP contribution in [0.1, 0.15) is 65.2 Å². The van der Waals surface area contributed by atoms with Gasteiger partial charge in [-0.25, -0.2) is 0 Å². The van der Waals surface area contributed by atoms with Gasteiger partial charge in [0.1, 0.15) is 6.10 Å². The predicted molar refractivity (Wildman–Crippen MR) is 91.1 cm³/mol. The van der Waals surface area contributed by atoms with Gasteiger partial charge in [0, 0.05) is 12.8 Å². The molecule has 0 aliphatic carbocycles. The molecule has 0 aromatic rings.